The van der Waals surface area contributed by atoms with E-state index in [4.69, 9.17) is 16.9 Å². The lowest BCUT2D eigenvalue weighted by Gasteiger charge is -2.08. The van der Waals surface area contributed by atoms with Crippen molar-refractivity contribution in [2.75, 3.05) is 5.88 Å². The van der Waals surface area contributed by atoms with E-state index in [2.05, 4.69) is 16.0 Å². The quantitative estimate of drug-likeness (QED) is 0.694. The Bertz CT molecular complexity index is 801. The van der Waals surface area contributed by atoms with Gasteiger partial charge in [-0.2, -0.15) is 5.26 Å². The zero-order chi connectivity index (χ0) is 13.9. The maximum Gasteiger partial charge on any atom is 0.115 e. The van der Waals surface area contributed by atoms with Gasteiger partial charge in [-0.3, -0.25) is 9.55 Å². The minimum Gasteiger partial charge on any atom is -0.296 e. The van der Waals surface area contributed by atoms with E-state index in [1.54, 1.807) is 18.5 Å². The highest BCUT2D eigenvalue weighted by Crippen LogP contribution is 2.22. The van der Waals surface area contributed by atoms with Gasteiger partial charge in [0.1, 0.15) is 11.3 Å². The number of imidazole rings is 1. The lowest BCUT2D eigenvalue weighted by molar-refractivity contribution is 0.912. The topological polar surface area (TPSA) is 54.5 Å². The third-order valence-corrected chi connectivity index (χ3v) is 3.27. The molecule has 3 aromatic rings. The van der Waals surface area contributed by atoms with E-state index < -0.39 is 0 Å². The van der Waals surface area contributed by atoms with Gasteiger partial charge in [0.2, 0.25) is 0 Å². The summed E-state index contributed by atoms with van der Waals surface area (Å²) in [6.45, 7) is 0. The van der Waals surface area contributed by atoms with Gasteiger partial charge in [-0.15, -0.1) is 11.6 Å². The van der Waals surface area contributed by atoms with Crippen LogP contribution in [-0.4, -0.2) is 20.4 Å². The van der Waals surface area contributed by atoms with E-state index >= 15 is 0 Å². The number of aromatic nitrogens is 3. The summed E-state index contributed by atoms with van der Waals surface area (Å²) in [5, 5.41) is 9.04. The number of fused-ring (bicyclic) bond motifs is 1. The highest BCUT2D eigenvalue weighted by Gasteiger charge is 2.12. The highest BCUT2D eigenvalue weighted by atomic mass is 35.5. The zero-order valence-electron chi connectivity index (χ0n) is 10.6. The number of rotatable bonds is 3. The average Bonchev–Trinajstić information content (AvgIpc) is 2.85. The van der Waals surface area contributed by atoms with Crippen LogP contribution in [0, 0.1) is 11.3 Å². The molecule has 0 aliphatic rings. The Morgan fingerprint density at radius 3 is 3.00 bits per heavy atom. The maximum atomic E-state index is 9.04. The first-order valence-corrected chi connectivity index (χ1v) is 6.75. The molecule has 0 bridgehead atoms. The van der Waals surface area contributed by atoms with Crippen molar-refractivity contribution in [2.24, 2.45) is 0 Å². The third kappa shape index (κ3) is 2.13. The molecule has 0 aliphatic heterocycles. The maximum absolute atomic E-state index is 9.04. The number of alkyl halides is 1. The molecule has 0 radical (unpaired) electrons. The summed E-state index contributed by atoms with van der Waals surface area (Å²) in [6.07, 6.45) is 4.13. The number of halogens is 1. The summed E-state index contributed by atoms with van der Waals surface area (Å²) >= 11 is 5.86. The minimum atomic E-state index is 0.495. The summed E-state index contributed by atoms with van der Waals surface area (Å²) in [7, 11) is 0. The number of nitrogens with zero attached hydrogens (tertiary/aromatic N) is 4. The summed E-state index contributed by atoms with van der Waals surface area (Å²) in [4.78, 5) is 8.66. The monoisotopic (exact) mass is 282 g/mol. The van der Waals surface area contributed by atoms with Crippen LogP contribution in [-0.2, 0) is 6.42 Å². The van der Waals surface area contributed by atoms with E-state index in [-0.39, 0.29) is 0 Å². The fourth-order valence-corrected chi connectivity index (χ4v) is 2.41. The van der Waals surface area contributed by atoms with Crippen LogP contribution in [0.1, 0.15) is 11.4 Å². The standard InChI is InChI=1S/C15H11ClN4/c16-6-4-15-19-13-10-18-7-5-14(13)20(15)12-3-1-2-11(8-12)9-17/h1-3,5,7-8,10H,4,6H2. The molecule has 0 saturated carbocycles. The lowest BCUT2D eigenvalue weighted by Crippen LogP contribution is -2.02. The largest absolute Gasteiger partial charge is 0.296 e. The molecule has 0 aliphatic carbocycles. The summed E-state index contributed by atoms with van der Waals surface area (Å²) in [5.74, 6) is 1.37. The third-order valence-electron chi connectivity index (χ3n) is 3.08. The molecule has 0 amide bonds. The summed E-state index contributed by atoms with van der Waals surface area (Å²) in [5.41, 5.74) is 3.33. The van der Waals surface area contributed by atoms with Crippen molar-refractivity contribution in [3.05, 3.63) is 54.1 Å². The Hall–Kier alpha value is -2.38. The molecule has 0 N–H and O–H groups in total. The smallest absolute Gasteiger partial charge is 0.115 e. The van der Waals surface area contributed by atoms with Gasteiger partial charge in [-0.1, -0.05) is 6.07 Å². The van der Waals surface area contributed by atoms with Gasteiger partial charge in [0, 0.05) is 24.2 Å². The minimum absolute atomic E-state index is 0.495. The highest BCUT2D eigenvalue weighted by molar-refractivity contribution is 6.17. The van der Waals surface area contributed by atoms with Crippen molar-refractivity contribution in [3.8, 4) is 11.8 Å². The molecule has 0 atom stereocenters. The number of nitriles is 1. The number of pyridine rings is 1. The van der Waals surface area contributed by atoms with Crippen molar-refractivity contribution in [1.29, 1.82) is 5.26 Å². The van der Waals surface area contributed by atoms with Crippen molar-refractivity contribution in [1.82, 2.24) is 14.5 Å². The Kier molecular flexibility index (Phi) is 3.36. The Balaban J connectivity index is 2.27. The Morgan fingerprint density at radius 1 is 1.30 bits per heavy atom. The Labute approximate surface area is 121 Å². The predicted octanol–water partition coefficient (Wildman–Crippen LogP) is 3.07. The van der Waals surface area contributed by atoms with E-state index in [0.29, 0.717) is 17.9 Å². The van der Waals surface area contributed by atoms with Gasteiger partial charge in [0.05, 0.1) is 23.3 Å². The molecule has 0 unspecified atom stereocenters. The molecular weight excluding hydrogens is 272 g/mol. The summed E-state index contributed by atoms with van der Waals surface area (Å²) in [6, 6.07) is 11.5. The van der Waals surface area contributed by atoms with Crippen LogP contribution in [0.2, 0.25) is 0 Å². The van der Waals surface area contributed by atoms with Gasteiger partial charge in [-0.25, -0.2) is 4.98 Å². The molecule has 20 heavy (non-hydrogen) atoms. The summed E-state index contributed by atoms with van der Waals surface area (Å²) < 4.78 is 2.03. The van der Waals surface area contributed by atoms with Crippen molar-refractivity contribution in [2.45, 2.75) is 6.42 Å². The van der Waals surface area contributed by atoms with Crippen LogP contribution in [0.4, 0.5) is 0 Å². The van der Waals surface area contributed by atoms with Crippen molar-refractivity contribution < 1.29 is 0 Å². The second-order valence-electron chi connectivity index (χ2n) is 4.33. The first kappa shape index (κ1) is 12.6. The van der Waals surface area contributed by atoms with Crippen LogP contribution in [0.15, 0.2) is 42.7 Å². The Morgan fingerprint density at radius 2 is 2.20 bits per heavy atom. The van der Waals surface area contributed by atoms with Gasteiger partial charge in [0.25, 0.3) is 0 Å². The number of hydrogen-bond acceptors (Lipinski definition) is 3. The molecule has 4 nitrogen and oxygen atoms in total. The average molecular weight is 283 g/mol. The first-order chi connectivity index (χ1) is 9.83. The molecule has 0 saturated heterocycles. The zero-order valence-corrected chi connectivity index (χ0v) is 11.4. The number of hydrogen-bond donors (Lipinski definition) is 0. The first-order valence-electron chi connectivity index (χ1n) is 6.21. The molecule has 0 fully saturated rings. The van der Waals surface area contributed by atoms with E-state index in [9.17, 15) is 0 Å². The molecule has 5 heteroatoms. The van der Waals surface area contributed by atoms with Crippen LogP contribution >= 0.6 is 11.6 Å². The molecule has 0 spiro atoms. The second-order valence-corrected chi connectivity index (χ2v) is 4.71. The van der Waals surface area contributed by atoms with Gasteiger partial charge in [-0.05, 0) is 24.3 Å². The molecule has 1 aromatic carbocycles. The SMILES string of the molecule is N#Cc1cccc(-n2c(CCCl)nc3cnccc32)c1. The van der Waals surface area contributed by atoms with Gasteiger partial charge < -0.3 is 0 Å². The predicted molar refractivity (Wildman–Crippen MR) is 78.0 cm³/mol. The van der Waals surface area contributed by atoms with E-state index in [0.717, 1.165) is 22.5 Å². The number of aryl methyl sites for hydroxylation is 1. The van der Waals surface area contributed by atoms with Gasteiger partial charge in [0.15, 0.2) is 0 Å². The van der Waals surface area contributed by atoms with Gasteiger partial charge >= 0.3 is 0 Å². The van der Waals surface area contributed by atoms with Crippen molar-refractivity contribution >= 4 is 22.6 Å². The molecule has 2 aromatic heterocycles. The van der Waals surface area contributed by atoms with E-state index in [1.807, 2.05) is 28.8 Å². The normalized spacial score (nSPS) is 10.6. The second kappa shape index (κ2) is 5.32. The fraction of sp³-hybridized carbons (Fsp3) is 0.133. The van der Waals surface area contributed by atoms with Crippen LogP contribution in [0.5, 0.6) is 0 Å². The van der Waals surface area contributed by atoms with Crippen LogP contribution < -0.4 is 0 Å². The molecule has 98 valence electrons. The molecule has 2 heterocycles. The molecular formula is C15H11ClN4. The lowest BCUT2D eigenvalue weighted by atomic mass is 10.2. The van der Waals surface area contributed by atoms with Crippen LogP contribution in [0.3, 0.4) is 0 Å². The van der Waals surface area contributed by atoms with Crippen molar-refractivity contribution in [3.63, 3.8) is 0 Å². The molecule has 3 rings (SSSR count). The number of benzene rings is 1. The van der Waals surface area contributed by atoms with E-state index in [1.165, 1.54) is 0 Å². The van der Waals surface area contributed by atoms with Crippen LogP contribution in [0.25, 0.3) is 16.7 Å². The fourth-order valence-electron chi connectivity index (χ4n) is 2.24.